The molecule has 200 valence electrons. The van der Waals surface area contributed by atoms with Crippen molar-refractivity contribution in [2.75, 3.05) is 0 Å². The molecule has 0 aliphatic carbocycles. The van der Waals surface area contributed by atoms with Gasteiger partial charge in [0.1, 0.15) is 5.70 Å². The SMILES string of the molecule is C=C1C=CC=NN1/C(C#Cc1cc(C(C)=O)ccc1C)=C\C.Cc1cc(-n2cnc(C)c2)cc(C(F)(F)F)c1. The Kier molecular flexibility index (Phi) is 9.10. The van der Waals surface area contributed by atoms with Crippen LogP contribution in [0.25, 0.3) is 5.69 Å². The molecule has 4 rings (SSSR count). The molecule has 1 aliphatic heterocycles. The molecule has 0 N–H and O–H groups in total. The van der Waals surface area contributed by atoms with Gasteiger partial charge in [-0.2, -0.15) is 18.3 Å². The summed E-state index contributed by atoms with van der Waals surface area (Å²) in [6, 6.07) is 9.50. The number of hydrazone groups is 1. The number of benzene rings is 2. The van der Waals surface area contributed by atoms with Crippen molar-refractivity contribution >= 4 is 12.0 Å². The first-order valence-corrected chi connectivity index (χ1v) is 12.1. The van der Waals surface area contributed by atoms with Crippen LogP contribution in [0.3, 0.4) is 0 Å². The monoisotopic (exact) mass is 530 g/mol. The Hall–Kier alpha value is -4.64. The molecular weight excluding hydrogens is 501 g/mol. The highest BCUT2D eigenvalue weighted by Gasteiger charge is 2.31. The van der Waals surface area contributed by atoms with E-state index < -0.39 is 11.7 Å². The fourth-order valence-corrected chi connectivity index (χ4v) is 3.61. The first-order valence-electron chi connectivity index (χ1n) is 12.1. The summed E-state index contributed by atoms with van der Waals surface area (Å²) >= 11 is 0. The molecule has 5 nitrogen and oxygen atoms in total. The number of imidazole rings is 1. The molecule has 0 saturated carbocycles. The van der Waals surface area contributed by atoms with Gasteiger partial charge < -0.3 is 4.57 Å². The van der Waals surface area contributed by atoms with Gasteiger partial charge in [0.25, 0.3) is 0 Å². The van der Waals surface area contributed by atoms with Crippen LogP contribution in [0.4, 0.5) is 13.2 Å². The number of nitrogens with zero attached hydrogens (tertiary/aromatic N) is 4. The summed E-state index contributed by atoms with van der Waals surface area (Å²) in [7, 11) is 0. The molecule has 8 heteroatoms. The van der Waals surface area contributed by atoms with Crippen molar-refractivity contribution in [3.05, 3.63) is 119 Å². The molecule has 3 aromatic rings. The number of hydrogen-bond acceptors (Lipinski definition) is 4. The third-order valence-electron chi connectivity index (χ3n) is 5.70. The third-order valence-corrected chi connectivity index (χ3v) is 5.70. The van der Waals surface area contributed by atoms with Crippen molar-refractivity contribution in [2.45, 2.75) is 40.8 Å². The Morgan fingerprint density at radius 3 is 2.44 bits per heavy atom. The molecule has 0 amide bonds. The van der Waals surface area contributed by atoms with Gasteiger partial charge in [0, 0.05) is 29.2 Å². The van der Waals surface area contributed by atoms with Crippen LogP contribution in [-0.2, 0) is 6.18 Å². The zero-order chi connectivity index (χ0) is 28.7. The smallest absolute Gasteiger partial charge is 0.306 e. The summed E-state index contributed by atoms with van der Waals surface area (Å²) in [4.78, 5) is 15.5. The number of Topliss-reactive ketones (excluding diaryl/α,β-unsaturated/α-hetero) is 1. The van der Waals surface area contributed by atoms with Gasteiger partial charge in [-0.25, -0.2) is 9.99 Å². The molecule has 2 heterocycles. The molecule has 1 aromatic heterocycles. The lowest BCUT2D eigenvalue weighted by Gasteiger charge is -2.20. The zero-order valence-electron chi connectivity index (χ0n) is 22.5. The standard InChI is InChI=1S/C19H18N2O.C12H11F3N2/c1-5-19(21-15(3)7-6-12-20-21)11-10-17-13-18(16(4)22)9-8-14(17)2;1-8-3-10(12(13,14)15)5-11(4-8)17-6-9(2)16-7-17/h5-9,12-13H,3H2,1-2,4H3;3-7H,1-2H3/b19-5-;. The first-order chi connectivity index (χ1) is 18.4. The number of aromatic nitrogens is 2. The molecular formula is C31H29F3N4O. The molecule has 1 aliphatic rings. The molecule has 0 spiro atoms. The van der Waals surface area contributed by atoms with Gasteiger partial charge in [0.15, 0.2) is 5.78 Å². The van der Waals surface area contributed by atoms with Crippen molar-refractivity contribution in [3.8, 4) is 17.5 Å². The van der Waals surface area contributed by atoms with E-state index in [2.05, 4.69) is 28.5 Å². The lowest BCUT2D eigenvalue weighted by atomic mass is 10.0. The summed E-state index contributed by atoms with van der Waals surface area (Å²) in [6.07, 6.45) is 6.16. The number of carbonyl (C=O) groups is 1. The quantitative estimate of drug-likeness (QED) is 0.263. The molecule has 0 atom stereocenters. The number of carbonyl (C=O) groups excluding carboxylic acids is 1. The summed E-state index contributed by atoms with van der Waals surface area (Å²) in [5, 5.41) is 5.95. The maximum Gasteiger partial charge on any atom is 0.416 e. The Morgan fingerprint density at radius 2 is 1.85 bits per heavy atom. The van der Waals surface area contributed by atoms with Gasteiger partial charge in [0.05, 0.1) is 23.3 Å². The molecule has 0 unspecified atom stereocenters. The van der Waals surface area contributed by atoms with Gasteiger partial charge in [0.2, 0.25) is 0 Å². The minimum absolute atomic E-state index is 0.0356. The van der Waals surface area contributed by atoms with Crippen molar-refractivity contribution in [2.24, 2.45) is 5.10 Å². The van der Waals surface area contributed by atoms with Crippen molar-refractivity contribution in [1.29, 1.82) is 0 Å². The number of alkyl halides is 3. The van der Waals surface area contributed by atoms with E-state index in [9.17, 15) is 18.0 Å². The van der Waals surface area contributed by atoms with Crippen LogP contribution < -0.4 is 0 Å². The maximum atomic E-state index is 12.6. The Labute approximate surface area is 226 Å². The summed E-state index contributed by atoms with van der Waals surface area (Å²) in [5.41, 5.74) is 5.22. The van der Waals surface area contributed by atoms with Crippen LogP contribution in [0.15, 0.2) is 90.2 Å². The van der Waals surface area contributed by atoms with Gasteiger partial charge >= 0.3 is 6.18 Å². The number of rotatable bonds is 3. The van der Waals surface area contributed by atoms with E-state index in [4.69, 9.17) is 0 Å². The lowest BCUT2D eigenvalue weighted by molar-refractivity contribution is -0.137. The highest BCUT2D eigenvalue weighted by atomic mass is 19.4. The third kappa shape index (κ3) is 7.68. The van der Waals surface area contributed by atoms with E-state index in [1.54, 1.807) is 48.8 Å². The highest BCUT2D eigenvalue weighted by molar-refractivity contribution is 5.94. The summed E-state index contributed by atoms with van der Waals surface area (Å²) in [6.45, 7) is 12.8. The van der Waals surface area contributed by atoms with Gasteiger partial charge in [-0.15, -0.1) is 0 Å². The van der Waals surface area contributed by atoms with Crippen LogP contribution in [-0.4, -0.2) is 26.6 Å². The van der Waals surface area contributed by atoms with E-state index >= 15 is 0 Å². The lowest BCUT2D eigenvalue weighted by Crippen LogP contribution is -2.15. The summed E-state index contributed by atoms with van der Waals surface area (Å²) in [5.74, 6) is 6.27. The van der Waals surface area contributed by atoms with Crippen molar-refractivity contribution in [3.63, 3.8) is 0 Å². The molecule has 0 saturated heterocycles. The minimum Gasteiger partial charge on any atom is -0.306 e. The van der Waals surface area contributed by atoms with E-state index in [0.29, 0.717) is 16.8 Å². The second kappa shape index (κ2) is 12.3. The zero-order valence-corrected chi connectivity index (χ0v) is 22.5. The predicted octanol–water partition coefficient (Wildman–Crippen LogP) is 7.33. The molecule has 0 radical (unpaired) electrons. The van der Waals surface area contributed by atoms with Crippen LogP contribution in [0.2, 0.25) is 0 Å². The number of hydrogen-bond donors (Lipinski definition) is 0. The average Bonchev–Trinajstić information content (AvgIpc) is 3.32. The average molecular weight is 531 g/mol. The number of halogens is 3. The van der Waals surface area contributed by atoms with Crippen LogP contribution >= 0.6 is 0 Å². The Bertz CT molecular complexity index is 1550. The maximum absolute atomic E-state index is 12.6. The topological polar surface area (TPSA) is 50.5 Å². The van der Waals surface area contributed by atoms with Crippen molar-refractivity contribution in [1.82, 2.24) is 14.6 Å². The van der Waals surface area contributed by atoms with E-state index in [1.165, 1.54) is 6.33 Å². The van der Waals surface area contributed by atoms with Crippen molar-refractivity contribution < 1.29 is 18.0 Å². The predicted molar refractivity (Wildman–Crippen MR) is 148 cm³/mol. The van der Waals surface area contributed by atoms with Gasteiger partial charge in [-0.05, 0) is 88.1 Å². The second-order valence-electron chi connectivity index (χ2n) is 8.91. The molecule has 0 fully saturated rings. The molecule has 2 aromatic carbocycles. The second-order valence-corrected chi connectivity index (χ2v) is 8.91. The fraction of sp³-hybridized carbons (Fsp3) is 0.194. The number of allylic oxidation sites excluding steroid dienone is 4. The normalized spacial score (nSPS) is 13.0. The largest absolute Gasteiger partial charge is 0.416 e. The highest BCUT2D eigenvalue weighted by Crippen LogP contribution is 2.31. The van der Waals surface area contributed by atoms with E-state index in [0.717, 1.165) is 40.3 Å². The molecule has 0 bridgehead atoms. The number of ketones is 1. The van der Waals surface area contributed by atoms with Gasteiger partial charge in [-0.1, -0.05) is 30.7 Å². The minimum atomic E-state index is -4.32. The summed E-state index contributed by atoms with van der Waals surface area (Å²) < 4.78 is 39.5. The first kappa shape index (κ1) is 28.9. The van der Waals surface area contributed by atoms with E-state index in [1.807, 2.05) is 50.3 Å². The number of aryl methyl sites for hydroxylation is 3. The van der Waals surface area contributed by atoms with Crippen LogP contribution in [0.5, 0.6) is 0 Å². The molecule has 39 heavy (non-hydrogen) atoms. The van der Waals surface area contributed by atoms with Crippen LogP contribution in [0, 0.1) is 32.6 Å². The van der Waals surface area contributed by atoms with Crippen LogP contribution in [0.1, 0.15) is 52.2 Å². The Balaban J connectivity index is 0.000000223. The van der Waals surface area contributed by atoms with E-state index in [-0.39, 0.29) is 5.78 Å². The fourth-order valence-electron chi connectivity index (χ4n) is 3.61. The van der Waals surface area contributed by atoms with Gasteiger partial charge in [-0.3, -0.25) is 4.79 Å². The Morgan fingerprint density at radius 1 is 1.10 bits per heavy atom.